The van der Waals surface area contributed by atoms with Gasteiger partial charge in [-0.15, -0.1) is 0 Å². The Kier molecular flexibility index (Phi) is 6.04. The van der Waals surface area contributed by atoms with Gasteiger partial charge in [0.15, 0.2) is 0 Å². The highest BCUT2D eigenvalue weighted by Gasteiger charge is 2.58. The van der Waals surface area contributed by atoms with Crippen LogP contribution in [0.2, 0.25) is 0 Å². The van der Waals surface area contributed by atoms with Gasteiger partial charge in [0, 0.05) is 40.9 Å². The third-order valence-electron chi connectivity index (χ3n) is 5.72. The molecule has 0 spiro atoms. The fraction of sp³-hybridized carbons (Fsp3) is 0.500. The van der Waals surface area contributed by atoms with E-state index in [0.717, 1.165) is 10.0 Å². The van der Waals surface area contributed by atoms with E-state index in [-0.39, 0.29) is 6.09 Å². The molecule has 1 atom stereocenters. The number of nitrogens with zero attached hydrogens (tertiary/aromatic N) is 2. The first kappa shape index (κ1) is 22.8. The molecule has 0 radical (unpaired) electrons. The lowest BCUT2D eigenvalue weighted by Crippen LogP contribution is -2.66. The molecule has 0 bridgehead atoms. The summed E-state index contributed by atoms with van der Waals surface area (Å²) >= 11 is 3.47. The minimum absolute atomic E-state index is 0.357. The van der Waals surface area contributed by atoms with E-state index in [1.165, 1.54) is 5.56 Å². The lowest BCUT2D eigenvalue weighted by Gasteiger charge is -2.56. The first-order chi connectivity index (χ1) is 13.9. The summed E-state index contributed by atoms with van der Waals surface area (Å²) in [6, 6.07) is 9.98. The molecule has 1 N–H and O–H groups in total. The summed E-state index contributed by atoms with van der Waals surface area (Å²) in [5.41, 5.74) is 0.241. The fourth-order valence-electron chi connectivity index (χ4n) is 4.06. The van der Waals surface area contributed by atoms with Gasteiger partial charge in [0.05, 0.1) is 0 Å². The van der Waals surface area contributed by atoms with Gasteiger partial charge in [0.1, 0.15) is 11.2 Å². The summed E-state index contributed by atoms with van der Waals surface area (Å²) in [6.07, 6.45) is 3.04. The Bertz CT molecular complexity index is 915. The highest BCUT2D eigenvalue weighted by molar-refractivity contribution is 9.10. The molecular weight excluding hydrogens is 444 g/mol. The number of aromatic nitrogens is 1. The molecule has 1 fully saturated rings. The number of hydrogen-bond acceptors (Lipinski definition) is 4. The molecule has 1 aliphatic heterocycles. The Hall–Kier alpha value is -1.92. The number of carbonyl (C=O) groups excluding carboxylic acids is 1. The molecule has 162 valence electrons. The molecule has 0 unspecified atom stereocenters. The molecule has 1 saturated heterocycles. The van der Waals surface area contributed by atoms with Gasteiger partial charge >= 0.3 is 6.09 Å². The third-order valence-corrected chi connectivity index (χ3v) is 6.16. The number of amides is 1. The zero-order valence-electron chi connectivity index (χ0n) is 18.6. The van der Waals surface area contributed by atoms with Gasteiger partial charge in [-0.25, -0.2) is 4.79 Å². The molecule has 30 heavy (non-hydrogen) atoms. The molecule has 2 heterocycles. The van der Waals surface area contributed by atoms with Crippen LogP contribution in [0.4, 0.5) is 4.79 Å². The first-order valence-electron chi connectivity index (χ1n) is 10.3. The number of likely N-dealkylation sites (tertiary alicyclic amines) is 1. The lowest BCUT2D eigenvalue weighted by molar-refractivity contribution is -0.131. The summed E-state index contributed by atoms with van der Waals surface area (Å²) in [6.45, 7) is 12.6. The van der Waals surface area contributed by atoms with E-state index in [1.807, 2.05) is 45.9 Å². The van der Waals surface area contributed by atoms with Crippen LogP contribution < -0.4 is 0 Å². The molecule has 1 aromatic carbocycles. The molecular formula is C24H31BrN2O3. The van der Waals surface area contributed by atoms with Crippen molar-refractivity contribution in [3.63, 3.8) is 0 Å². The molecule has 5 nitrogen and oxygen atoms in total. The van der Waals surface area contributed by atoms with E-state index < -0.39 is 16.6 Å². The normalized spacial score (nSPS) is 18.0. The first-order valence-corrected chi connectivity index (χ1v) is 11.1. The number of rotatable bonds is 4. The molecule has 3 rings (SSSR count). The smallest absolute Gasteiger partial charge is 0.410 e. The van der Waals surface area contributed by atoms with Crippen molar-refractivity contribution in [2.75, 3.05) is 13.1 Å². The molecule has 1 amide bonds. The average molecular weight is 475 g/mol. The summed E-state index contributed by atoms with van der Waals surface area (Å²) in [4.78, 5) is 18.4. The van der Waals surface area contributed by atoms with Crippen LogP contribution >= 0.6 is 15.9 Å². The maximum atomic E-state index is 12.5. The van der Waals surface area contributed by atoms with Gasteiger partial charge in [-0.2, -0.15) is 0 Å². The lowest BCUT2D eigenvalue weighted by atomic mass is 9.62. The van der Waals surface area contributed by atoms with Crippen LogP contribution in [-0.4, -0.2) is 39.8 Å². The largest absolute Gasteiger partial charge is 0.444 e. The zero-order valence-corrected chi connectivity index (χ0v) is 20.2. The zero-order chi connectivity index (χ0) is 22.3. The number of benzene rings is 1. The van der Waals surface area contributed by atoms with Crippen molar-refractivity contribution in [2.24, 2.45) is 5.41 Å². The van der Waals surface area contributed by atoms with Crippen molar-refractivity contribution < 1.29 is 14.6 Å². The Morgan fingerprint density at radius 1 is 1.17 bits per heavy atom. The Labute approximate surface area is 187 Å². The number of hydrogen-bond donors (Lipinski definition) is 1. The summed E-state index contributed by atoms with van der Waals surface area (Å²) in [5, 5.41) is 12.2. The monoisotopic (exact) mass is 474 g/mol. The molecule has 0 aliphatic carbocycles. The Morgan fingerprint density at radius 3 is 2.27 bits per heavy atom. The van der Waals surface area contributed by atoms with Crippen LogP contribution in [0, 0.1) is 5.41 Å². The summed E-state index contributed by atoms with van der Waals surface area (Å²) in [7, 11) is 0. The highest BCUT2D eigenvalue weighted by atomic mass is 79.9. The third kappa shape index (κ3) is 4.26. The van der Waals surface area contributed by atoms with Crippen molar-refractivity contribution in [3.05, 3.63) is 63.9 Å². The van der Waals surface area contributed by atoms with Gasteiger partial charge in [-0.1, -0.05) is 45.0 Å². The van der Waals surface area contributed by atoms with Gasteiger partial charge in [0.2, 0.25) is 0 Å². The van der Waals surface area contributed by atoms with Gasteiger partial charge < -0.3 is 14.7 Å². The quantitative estimate of drug-likeness (QED) is 0.638. The second-order valence-corrected chi connectivity index (χ2v) is 10.7. The number of pyridine rings is 1. The minimum Gasteiger partial charge on any atom is -0.444 e. The van der Waals surface area contributed by atoms with Crippen LogP contribution in [0.15, 0.2) is 47.2 Å². The second-order valence-electron chi connectivity index (χ2n) is 9.78. The number of ether oxygens (including phenoxy) is 1. The van der Waals surface area contributed by atoms with Gasteiger partial charge in [-0.05, 0) is 59.8 Å². The van der Waals surface area contributed by atoms with Crippen molar-refractivity contribution in [3.8, 4) is 0 Å². The van der Waals surface area contributed by atoms with Crippen LogP contribution in [0.3, 0.4) is 0 Å². The fourth-order valence-corrected chi connectivity index (χ4v) is 4.43. The molecule has 0 saturated carbocycles. The number of carbonyl (C=O) groups is 1. The van der Waals surface area contributed by atoms with Crippen molar-refractivity contribution >= 4 is 22.0 Å². The van der Waals surface area contributed by atoms with Crippen molar-refractivity contribution in [1.29, 1.82) is 0 Å². The van der Waals surface area contributed by atoms with E-state index in [2.05, 4.69) is 46.9 Å². The highest BCUT2D eigenvalue weighted by Crippen LogP contribution is 2.51. The standard InChI is InChI=1S/C24H31BrN2O3/c1-16(2)17-7-9-18(10-8-17)24(29,19-11-20(25)13-26-12-19)23(6)14-27(15-23)21(28)30-22(3,4)5/h7-13,16,29H,14-15H2,1-6H3/t24-/m0/s1. The SMILES string of the molecule is CC(C)c1ccc([C@](O)(c2cncc(Br)c2)C2(C)CN(C(=O)OC(C)(C)C)C2)cc1. The minimum atomic E-state index is -1.31. The predicted octanol–water partition coefficient (Wildman–Crippen LogP) is 5.46. The predicted molar refractivity (Wildman–Crippen MR) is 121 cm³/mol. The Balaban J connectivity index is 1.98. The van der Waals surface area contributed by atoms with Gasteiger partial charge in [0.25, 0.3) is 0 Å². The maximum absolute atomic E-state index is 12.5. The maximum Gasteiger partial charge on any atom is 0.410 e. The molecule has 2 aromatic rings. The summed E-state index contributed by atoms with van der Waals surface area (Å²) in [5.74, 6) is 0.404. The topological polar surface area (TPSA) is 62.7 Å². The molecule has 1 aromatic heterocycles. The number of aliphatic hydroxyl groups is 1. The summed E-state index contributed by atoms with van der Waals surface area (Å²) < 4.78 is 6.30. The van der Waals surface area contributed by atoms with Crippen LogP contribution in [0.1, 0.15) is 64.2 Å². The van der Waals surface area contributed by atoms with Crippen LogP contribution in [0.5, 0.6) is 0 Å². The van der Waals surface area contributed by atoms with E-state index in [1.54, 1.807) is 17.3 Å². The molecule has 6 heteroatoms. The van der Waals surface area contributed by atoms with E-state index >= 15 is 0 Å². The second kappa shape index (κ2) is 7.97. The van der Waals surface area contributed by atoms with Crippen LogP contribution in [-0.2, 0) is 10.3 Å². The van der Waals surface area contributed by atoms with Crippen LogP contribution in [0.25, 0.3) is 0 Å². The van der Waals surface area contributed by atoms with E-state index in [0.29, 0.717) is 24.6 Å². The van der Waals surface area contributed by atoms with E-state index in [4.69, 9.17) is 4.74 Å². The Morgan fingerprint density at radius 2 is 1.77 bits per heavy atom. The molecule has 1 aliphatic rings. The van der Waals surface area contributed by atoms with Crippen molar-refractivity contribution in [1.82, 2.24) is 9.88 Å². The van der Waals surface area contributed by atoms with E-state index in [9.17, 15) is 9.90 Å². The average Bonchev–Trinajstić information content (AvgIpc) is 2.63. The van der Waals surface area contributed by atoms with Gasteiger partial charge in [-0.3, -0.25) is 4.98 Å². The van der Waals surface area contributed by atoms with Crippen molar-refractivity contribution in [2.45, 2.75) is 58.7 Å². The number of halogens is 1.